The van der Waals surface area contributed by atoms with Gasteiger partial charge in [0.05, 0.1) is 25.3 Å². The van der Waals surface area contributed by atoms with Gasteiger partial charge in [-0.1, -0.05) is 30.7 Å². The van der Waals surface area contributed by atoms with Crippen molar-refractivity contribution in [3.05, 3.63) is 70.6 Å². The zero-order valence-electron chi connectivity index (χ0n) is 17.5. The third-order valence-electron chi connectivity index (χ3n) is 5.15. The van der Waals surface area contributed by atoms with Crippen molar-refractivity contribution in [2.75, 3.05) is 18.5 Å². The van der Waals surface area contributed by atoms with Gasteiger partial charge in [-0.2, -0.15) is 0 Å². The lowest BCUT2D eigenvalue weighted by molar-refractivity contribution is 0.0911. The van der Waals surface area contributed by atoms with Crippen LogP contribution >= 0.6 is 11.6 Å². The molecule has 3 aromatic rings. The van der Waals surface area contributed by atoms with Gasteiger partial charge in [-0.15, -0.1) is 0 Å². The Labute approximate surface area is 186 Å². The quantitative estimate of drug-likeness (QED) is 0.347. The zero-order chi connectivity index (χ0) is 22.4. The molecule has 0 aliphatic heterocycles. The molecule has 31 heavy (non-hydrogen) atoms. The molecule has 0 fully saturated rings. The predicted molar refractivity (Wildman–Crippen MR) is 122 cm³/mol. The van der Waals surface area contributed by atoms with Gasteiger partial charge >= 0.3 is 0 Å². The summed E-state index contributed by atoms with van der Waals surface area (Å²) in [6.45, 7) is 3.71. The number of hydrogen-bond donors (Lipinski definition) is 5. The van der Waals surface area contributed by atoms with E-state index in [4.69, 9.17) is 11.6 Å². The highest BCUT2D eigenvalue weighted by Gasteiger charge is 2.18. The maximum absolute atomic E-state index is 12.8. The maximum atomic E-state index is 12.8. The highest BCUT2D eigenvalue weighted by atomic mass is 35.5. The summed E-state index contributed by atoms with van der Waals surface area (Å²) < 4.78 is 0. The molecule has 0 aliphatic carbocycles. The second-order valence-corrected chi connectivity index (χ2v) is 7.82. The maximum Gasteiger partial charge on any atom is 0.268 e. The van der Waals surface area contributed by atoms with Crippen LogP contribution in [0.5, 0.6) is 0 Å². The largest absolute Gasteiger partial charge is 0.394 e. The topological polar surface area (TPSA) is 110 Å². The third-order valence-corrected chi connectivity index (χ3v) is 5.38. The minimum Gasteiger partial charge on any atom is -0.394 e. The lowest BCUT2D eigenvalue weighted by atomic mass is 10.0. The number of anilines is 1. The summed E-state index contributed by atoms with van der Waals surface area (Å²) in [6.07, 6.45) is 4.29. The van der Waals surface area contributed by atoms with Gasteiger partial charge in [-0.05, 0) is 54.3 Å². The van der Waals surface area contributed by atoms with E-state index in [2.05, 4.69) is 20.6 Å². The number of halogens is 1. The highest BCUT2D eigenvalue weighted by Crippen LogP contribution is 2.27. The number of carbonyl (C=O) groups is 1. The number of aliphatic hydroxyl groups is 2. The molecule has 2 unspecified atom stereocenters. The molecule has 0 aliphatic rings. The van der Waals surface area contributed by atoms with E-state index in [0.29, 0.717) is 16.5 Å². The Bertz CT molecular complexity index is 1030. The van der Waals surface area contributed by atoms with Crippen molar-refractivity contribution in [1.29, 1.82) is 0 Å². The number of aliphatic hydroxyl groups excluding tert-OH is 2. The summed E-state index contributed by atoms with van der Waals surface area (Å²) in [7, 11) is 0. The van der Waals surface area contributed by atoms with Crippen molar-refractivity contribution in [3.63, 3.8) is 0 Å². The van der Waals surface area contributed by atoms with Crippen molar-refractivity contribution in [1.82, 2.24) is 15.3 Å². The summed E-state index contributed by atoms with van der Waals surface area (Å²) in [5.41, 5.74) is 3.83. The molecular weight excluding hydrogens is 416 g/mol. The molecule has 0 spiro atoms. The van der Waals surface area contributed by atoms with E-state index >= 15 is 0 Å². The number of benzene rings is 1. The summed E-state index contributed by atoms with van der Waals surface area (Å²) in [5.74, 6) is 0.330. The number of carbonyl (C=O) groups excluding carboxylic acids is 1. The number of pyridine rings is 1. The number of aryl methyl sites for hydroxylation is 1. The van der Waals surface area contributed by atoms with Gasteiger partial charge in [0.25, 0.3) is 5.91 Å². The SMILES string of the molecule is CCC(CO)Nc1cc(-c2c[nH]c(C(=O)NC(CO)c3cccc(Cl)c3)c2)c(C)cn1. The number of nitrogens with zero attached hydrogens (tertiary/aromatic N) is 1. The van der Waals surface area contributed by atoms with Crippen LogP contribution in [-0.4, -0.2) is 45.3 Å². The molecule has 0 saturated heterocycles. The number of aromatic nitrogens is 2. The molecule has 3 rings (SSSR count). The Hall–Kier alpha value is -2.87. The number of amides is 1. The standard InChI is InChI=1S/C23H27ClN4O3/c1-3-18(12-29)27-22-9-19(14(2)10-26-22)16-8-20(25-11-16)23(31)28-21(13-30)15-5-4-6-17(24)7-15/h4-11,18,21,25,29-30H,3,12-13H2,1-2H3,(H,26,27)(H,28,31). The molecule has 2 heterocycles. The first-order valence-electron chi connectivity index (χ1n) is 10.1. The first-order valence-corrected chi connectivity index (χ1v) is 10.5. The van der Waals surface area contributed by atoms with Gasteiger partial charge in [0.1, 0.15) is 11.5 Å². The molecule has 164 valence electrons. The summed E-state index contributed by atoms with van der Waals surface area (Å²) >= 11 is 6.02. The van der Waals surface area contributed by atoms with E-state index in [1.54, 1.807) is 42.7 Å². The average molecular weight is 443 g/mol. The number of aromatic amines is 1. The van der Waals surface area contributed by atoms with Crippen LogP contribution in [-0.2, 0) is 0 Å². The van der Waals surface area contributed by atoms with Crippen LogP contribution in [0.3, 0.4) is 0 Å². The number of rotatable bonds is 9. The lowest BCUT2D eigenvalue weighted by Crippen LogP contribution is -2.31. The van der Waals surface area contributed by atoms with E-state index in [0.717, 1.165) is 28.7 Å². The van der Waals surface area contributed by atoms with Crippen molar-refractivity contribution in [3.8, 4) is 11.1 Å². The Morgan fingerprint density at radius 2 is 2.03 bits per heavy atom. The van der Waals surface area contributed by atoms with Crippen molar-refractivity contribution in [2.24, 2.45) is 0 Å². The molecule has 7 nitrogen and oxygen atoms in total. The van der Waals surface area contributed by atoms with Crippen LogP contribution in [0.2, 0.25) is 5.02 Å². The average Bonchev–Trinajstić information content (AvgIpc) is 3.27. The second-order valence-electron chi connectivity index (χ2n) is 7.38. The van der Waals surface area contributed by atoms with Crippen LogP contribution in [0.1, 0.15) is 41.0 Å². The van der Waals surface area contributed by atoms with Gasteiger partial charge in [0, 0.05) is 23.0 Å². The third kappa shape index (κ3) is 5.64. The fraction of sp³-hybridized carbons (Fsp3) is 0.304. The Balaban J connectivity index is 1.78. The fourth-order valence-electron chi connectivity index (χ4n) is 3.27. The minimum absolute atomic E-state index is 0.0223. The molecule has 0 radical (unpaired) electrons. The van der Waals surface area contributed by atoms with Crippen LogP contribution in [0.15, 0.2) is 48.8 Å². The molecular formula is C23H27ClN4O3. The number of H-pyrrole nitrogens is 1. The lowest BCUT2D eigenvalue weighted by Gasteiger charge is -2.16. The van der Waals surface area contributed by atoms with Crippen LogP contribution in [0.4, 0.5) is 5.82 Å². The van der Waals surface area contributed by atoms with E-state index in [1.165, 1.54) is 0 Å². The van der Waals surface area contributed by atoms with E-state index in [9.17, 15) is 15.0 Å². The van der Waals surface area contributed by atoms with E-state index in [-0.39, 0.29) is 25.2 Å². The van der Waals surface area contributed by atoms with Crippen molar-refractivity contribution >= 4 is 23.3 Å². The summed E-state index contributed by atoms with van der Waals surface area (Å²) in [4.78, 5) is 20.1. The first kappa shape index (κ1) is 22.8. The predicted octanol–water partition coefficient (Wildman–Crippen LogP) is 3.68. The molecule has 5 N–H and O–H groups in total. The van der Waals surface area contributed by atoms with Crippen molar-refractivity contribution in [2.45, 2.75) is 32.4 Å². The molecule has 2 aromatic heterocycles. The van der Waals surface area contributed by atoms with E-state index in [1.807, 2.05) is 19.9 Å². The van der Waals surface area contributed by atoms with Crippen LogP contribution in [0, 0.1) is 6.92 Å². The highest BCUT2D eigenvalue weighted by molar-refractivity contribution is 6.30. The first-order chi connectivity index (χ1) is 14.9. The van der Waals surface area contributed by atoms with Crippen molar-refractivity contribution < 1.29 is 15.0 Å². The van der Waals surface area contributed by atoms with Gasteiger partial charge in [0.2, 0.25) is 0 Å². The fourth-order valence-corrected chi connectivity index (χ4v) is 3.47. The van der Waals surface area contributed by atoms with Gasteiger partial charge < -0.3 is 25.8 Å². The van der Waals surface area contributed by atoms with Crippen LogP contribution < -0.4 is 10.6 Å². The Morgan fingerprint density at radius 3 is 2.71 bits per heavy atom. The number of hydrogen-bond acceptors (Lipinski definition) is 5. The second kappa shape index (κ2) is 10.4. The molecule has 8 heteroatoms. The minimum atomic E-state index is -0.569. The zero-order valence-corrected chi connectivity index (χ0v) is 18.3. The van der Waals surface area contributed by atoms with Crippen LogP contribution in [0.25, 0.3) is 11.1 Å². The van der Waals surface area contributed by atoms with Gasteiger partial charge in [0.15, 0.2) is 0 Å². The molecule has 0 saturated carbocycles. The summed E-state index contributed by atoms with van der Waals surface area (Å²) in [6, 6.07) is 10.1. The molecule has 2 atom stereocenters. The Kier molecular flexibility index (Phi) is 7.68. The molecule has 1 aromatic carbocycles. The number of nitrogens with one attached hydrogen (secondary N) is 3. The Morgan fingerprint density at radius 1 is 1.23 bits per heavy atom. The summed E-state index contributed by atoms with van der Waals surface area (Å²) in [5, 5.41) is 25.7. The monoisotopic (exact) mass is 442 g/mol. The normalized spacial score (nSPS) is 12.9. The van der Waals surface area contributed by atoms with Gasteiger partial charge in [-0.25, -0.2) is 4.98 Å². The van der Waals surface area contributed by atoms with E-state index < -0.39 is 6.04 Å². The van der Waals surface area contributed by atoms with Gasteiger partial charge in [-0.3, -0.25) is 4.79 Å². The molecule has 1 amide bonds. The molecule has 0 bridgehead atoms. The smallest absolute Gasteiger partial charge is 0.268 e.